The normalized spacial score (nSPS) is 27.5. The van der Waals surface area contributed by atoms with Crippen LogP contribution in [0.3, 0.4) is 0 Å². The molecule has 16 heavy (non-hydrogen) atoms. The Kier molecular flexibility index (Phi) is 3.59. The Hall–Kier alpha value is -0.0900. The Morgan fingerprint density at radius 3 is 2.44 bits per heavy atom. The maximum atomic E-state index is 3.58. The Morgan fingerprint density at radius 1 is 1.31 bits per heavy atom. The molecule has 0 saturated heterocycles. The monoisotopic (exact) mass is 329 g/mol. The molecule has 2 rings (SSSR count). The van der Waals surface area contributed by atoms with Gasteiger partial charge in [0.25, 0.3) is 0 Å². The second-order valence-corrected chi connectivity index (χ2v) is 6.52. The molecule has 1 aliphatic carbocycles. The summed E-state index contributed by atoms with van der Waals surface area (Å²) >= 11 is 2.36. The highest BCUT2D eigenvalue weighted by atomic mass is 127. The van der Waals surface area contributed by atoms with Crippen LogP contribution in [0.25, 0.3) is 0 Å². The number of hydrogen-bond donors (Lipinski definition) is 1. The van der Waals surface area contributed by atoms with Gasteiger partial charge in [0.15, 0.2) is 0 Å². The summed E-state index contributed by atoms with van der Waals surface area (Å²) in [5.41, 5.74) is 1.89. The van der Waals surface area contributed by atoms with Crippen LogP contribution >= 0.6 is 22.6 Å². The van der Waals surface area contributed by atoms with Gasteiger partial charge in [-0.15, -0.1) is 0 Å². The lowest BCUT2D eigenvalue weighted by atomic mass is 9.56. The lowest BCUT2D eigenvalue weighted by Crippen LogP contribution is -2.55. The molecule has 1 saturated carbocycles. The van der Waals surface area contributed by atoms with Crippen LogP contribution in [0.1, 0.15) is 38.7 Å². The zero-order valence-corrected chi connectivity index (χ0v) is 12.4. The SMILES string of the molecule is CCNC1CC(c2ccc(I)cc2)C1(C)C. The molecule has 1 aliphatic rings. The summed E-state index contributed by atoms with van der Waals surface area (Å²) in [4.78, 5) is 0. The van der Waals surface area contributed by atoms with Crippen LogP contribution < -0.4 is 5.32 Å². The lowest BCUT2D eigenvalue weighted by molar-refractivity contribution is 0.0706. The van der Waals surface area contributed by atoms with E-state index in [0.29, 0.717) is 17.4 Å². The zero-order valence-electron chi connectivity index (χ0n) is 10.3. The first kappa shape index (κ1) is 12.4. The van der Waals surface area contributed by atoms with Crippen LogP contribution in [-0.2, 0) is 0 Å². The van der Waals surface area contributed by atoms with E-state index in [1.54, 1.807) is 0 Å². The van der Waals surface area contributed by atoms with Gasteiger partial charge in [0.1, 0.15) is 0 Å². The van der Waals surface area contributed by atoms with E-state index in [9.17, 15) is 0 Å². The summed E-state index contributed by atoms with van der Waals surface area (Å²) < 4.78 is 1.32. The highest BCUT2D eigenvalue weighted by Crippen LogP contribution is 2.52. The second kappa shape index (κ2) is 4.65. The largest absolute Gasteiger partial charge is 0.314 e. The molecule has 1 aromatic rings. The van der Waals surface area contributed by atoms with E-state index < -0.39 is 0 Å². The van der Waals surface area contributed by atoms with Gasteiger partial charge >= 0.3 is 0 Å². The molecule has 0 radical (unpaired) electrons. The first-order valence-electron chi connectivity index (χ1n) is 6.04. The van der Waals surface area contributed by atoms with Gasteiger partial charge in [-0.25, -0.2) is 0 Å². The minimum Gasteiger partial charge on any atom is -0.314 e. The second-order valence-electron chi connectivity index (χ2n) is 5.27. The van der Waals surface area contributed by atoms with Crippen LogP contribution in [0.2, 0.25) is 0 Å². The van der Waals surface area contributed by atoms with Crippen molar-refractivity contribution in [1.29, 1.82) is 0 Å². The highest BCUT2D eigenvalue weighted by molar-refractivity contribution is 14.1. The molecule has 2 atom stereocenters. The van der Waals surface area contributed by atoms with Gasteiger partial charge in [-0.1, -0.05) is 32.9 Å². The molecule has 0 aliphatic heterocycles. The summed E-state index contributed by atoms with van der Waals surface area (Å²) in [7, 11) is 0. The number of nitrogens with one attached hydrogen (secondary N) is 1. The Bertz CT molecular complexity index is 356. The van der Waals surface area contributed by atoms with Crippen molar-refractivity contribution in [3.05, 3.63) is 33.4 Å². The average Bonchev–Trinajstić information content (AvgIpc) is 2.26. The van der Waals surface area contributed by atoms with Crippen LogP contribution in [-0.4, -0.2) is 12.6 Å². The summed E-state index contributed by atoms with van der Waals surface area (Å²) in [5, 5.41) is 3.58. The molecule has 0 bridgehead atoms. The van der Waals surface area contributed by atoms with Gasteiger partial charge < -0.3 is 5.32 Å². The standard InChI is InChI=1S/C14H20IN/c1-4-16-13-9-12(14(13,2)3)10-5-7-11(15)8-6-10/h5-8,12-13,16H,4,9H2,1-3H3. The quantitative estimate of drug-likeness (QED) is 0.832. The maximum Gasteiger partial charge on any atom is 0.0130 e. The van der Waals surface area contributed by atoms with Crippen molar-refractivity contribution in [2.45, 2.75) is 39.2 Å². The molecule has 1 N–H and O–H groups in total. The van der Waals surface area contributed by atoms with E-state index >= 15 is 0 Å². The third-order valence-corrected chi connectivity index (χ3v) is 4.71. The molecule has 0 amide bonds. The molecule has 2 unspecified atom stereocenters. The molecule has 0 aromatic heterocycles. The predicted octanol–water partition coefficient (Wildman–Crippen LogP) is 3.78. The molecule has 1 aromatic carbocycles. The van der Waals surface area contributed by atoms with Crippen molar-refractivity contribution in [2.75, 3.05) is 6.54 Å². The van der Waals surface area contributed by atoms with Gasteiger partial charge in [0.05, 0.1) is 0 Å². The van der Waals surface area contributed by atoms with E-state index in [0.717, 1.165) is 6.54 Å². The van der Waals surface area contributed by atoms with E-state index in [2.05, 4.69) is 72.9 Å². The number of benzene rings is 1. The maximum absolute atomic E-state index is 3.58. The zero-order chi connectivity index (χ0) is 11.8. The Labute approximate surface area is 112 Å². The summed E-state index contributed by atoms with van der Waals surface area (Å²) in [5.74, 6) is 0.716. The fraction of sp³-hybridized carbons (Fsp3) is 0.571. The third-order valence-electron chi connectivity index (χ3n) is 3.99. The van der Waals surface area contributed by atoms with Gasteiger partial charge in [-0.05, 0) is 64.6 Å². The smallest absolute Gasteiger partial charge is 0.0130 e. The molecule has 1 fully saturated rings. The minimum absolute atomic E-state index is 0.392. The van der Waals surface area contributed by atoms with Crippen LogP contribution in [0.15, 0.2) is 24.3 Å². The molecule has 1 nitrogen and oxygen atoms in total. The van der Waals surface area contributed by atoms with Crippen LogP contribution in [0.4, 0.5) is 0 Å². The predicted molar refractivity (Wildman–Crippen MR) is 77.8 cm³/mol. The number of hydrogen-bond acceptors (Lipinski definition) is 1. The van der Waals surface area contributed by atoms with Gasteiger partial charge in [0, 0.05) is 9.61 Å². The lowest BCUT2D eigenvalue weighted by Gasteiger charge is -2.53. The van der Waals surface area contributed by atoms with E-state index in [4.69, 9.17) is 0 Å². The van der Waals surface area contributed by atoms with Crippen molar-refractivity contribution in [1.82, 2.24) is 5.32 Å². The molecule has 88 valence electrons. The average molecular weight is 329 g/mol. The summed E-state index contributed by atoms with van der Waals surface area (Å²) in [6.07, 6.45) is 1.28. The van der Waals surface area contributed by atoms with Crippen LogP contribution in [0.5, 0.6) is 0 Å². The van der Waals surface area contributed by atoms with Crippen molar-refractivity contribution in [3.8, 4) is 0 Å². The summed E-state index contributed by atoms with van der Waals surface area (Å²) in [6, 6.07) is 9.69. The first-order valence-corrected chi connectivity index (χ1v) is 7.12. The fourth-order valence-corrected chi connectivity index (χ4v) is 3.14. The van der Waals surface area contributed by atoms with Crippen LogP contribution in [0, 0.1) is 8.99 Å². The molecule has 2 heteroatoms. The fourth-order valence-electron chi connectivity index (χ4n) is 2.78. The van der Waals surface area contributed by atoms with Gasteiger partial charge in [-0.2, -0.15) is 0 Å². The minimum atomic E-state index is 0.392. The molecule has 0 spiro atoms. The number of rotatable bonds is 3. The highest BCUT2D eigenvalue weighted by Gasteiger charge is 2.47. The van der Waals surface area contributed by atoms with Crippen molar-refractivity contribution in [3.63, 3.8) is 0 Å². The van der Waals surface area contributed by atoms with E-state index in [-0.39, 0.29) is 0 Å². The van der Waals surface area contributed by atoms with E-state index in [1.165, 1.54) is 15.6 Å². The third kappa shape index (κ3) is 2.14. The molecular formula is C14H20IN. The van der Waals surface area contributed by atoms with Crippen molar-refractivity contribution < 1.29 is 0 Å². The van der Waals surface area contributed by atoms with Crippen molar-refractivity contribution in [2.24, 2.45) is 5.41 Å². The topological polar surface area (TPSA) is 12.0 Å². The Morgan fingerprint density at radius 2 is 1.94 bits per heavy atom. The Balaban J connectivity index is 2.11. The van der Waals surface area contributed by atoms with Crippen molar-refractivity contribution >= 4 is 22.6 Å². The van der Waals surface area contributed by atoms with Gasteiger partial charge in [-0.3, -0.25) is 0 Å². The number of halogens is 1. The molecule has 0 heterocycles. The summed E-state index contributed by atoms with van der Waals surface area (Å²) in [6.45, 7) is 8.03. The first-order chi connectivity index (χ1) is 7.55. The van der Waals surface area contributed by atoms with E-state index in [1.807, 2.05) is 0 Å². The molecular weight excluding hydrogens is 309 g/mol. The van der Waals surface area contributed by atoms with Gasteiger partial charge in [0.2, 0.25) is 0 Å².